The molecule has 1 fully saturated rings. The number of aryl methyl sites for hydroxylation is 3. The number of fused-ring (bicyclic) bond motifs is 1. The van der Waals surface area contributed by atoms with E-state index in [1.54, 1.807) is 0 Å². The van der Waals surface area contributed by atoms with E-state index in [0.29, 0.717) is 6.04 Å². The molecule has 1 atom stereocenters. The first-order valence-electron chi connectivity index (χ1n) is 9.57. The number of carbonyl (C=O) groups is 1. The van der Waals surface area contributed by atoms with Crippen molar-refractivity contribution in [2.45, 2.75) is 45.6 Å². The molecule has 0 spiro atoms. The highest BCUT2D eigenvalue weighted by atomic mass is 16.2. The monoisotopic (exact) mass is 346 g/mol. The summed E-state index contributed by atoms with van der Waals surface area (Å²) in [5, 5.41) is 1.16. The lowest BCUT2D eigenvalue weighted by Gasteiger charge is -2.25. The minimum Gasteiger partial charge on any atom is -0.358 e. The summed E-state index contributed by atoms with van der Waals surface area (Å²) in [7, 11) is 0. The SMILES string of the molecule is Cc1[nH]c2ccc(C(=O)N3CCCC3CCc3ccccc3)cc2c1C. The van der Waals surface area contributed by atoms with E-state index >= 15 is 0 Å². The number of nitrogens with zero attached hydrogens (tertiary/aromatic N) is 1. The minimum atomic E-state index is 0.181. The lowest BCUT2D eigenvalue weighted by molar-refractivity contribution is 0.0731. The van der Waals surface area contributed by atoms with Crippen molar-refractivity contribution in [1.82, 2.24) is 9.88 Å². The molecule has 1 unspecified atom stereocenters. The molecule has 1 saturated heterocycles. The Balaban J connectivity index is 1.52. The smallest absolute Gasteiger partial charge is 0.254 e. The van der Waals surface area contributed by atoms with Crippen LogP contribution in [0, 0.1) is 13.8 Å². The van der Waals surface area contributed by atoms with Crippen molar-refractivity contribution in [3.8, 4) is 0 Å². The quantitative estimate of drug-likeness (QED) is 0.707. The molecule has 3 nitrogen and oxygen atoms in total. The molecule has 0 aliphatic carbocycles. The number of aromatic amines is 1. The molecule has 1 amide bonds. The molecule has 1 N–H and O–H groups in total. The number of likely N-dealkylation sites (tertiary alicyclic amines) is 1. The van der Waals surface area contributed by atoms with Crippen LogP contribution < -0.4 is 0 Å². The van der Waals surface area contributed by atoms with Gasteiger partial charge in [-0.15, -0.1) is 0 Å². The normalized spacial score (nSPS) is 17.2. The van der Waals surface area contributed by atoms with Crippen LogP contribution in [0.1, 0.15) is 46.4 Å². The van der Waals surface area contributed by atoms with Gasteiger partial charge in [0.05, 0.1) is 0 Å². The van der Waals surface area contributed by atoms with Crippen LogP contribution in [0.2, 0.25) is 0 Å². The molecule has 3 aromatic rings. The number of amides is 1. The van der Waals surface area contributed by atoms with Gasteiger partial charge in [0.1, 0.15) is 0 Å². The van der Waals surface area contributed by atoms with E-state index in [1.165, 1.54) is 16.8 Å². The number of hydrogen-bond acceptors (Lipinski definition) is 1. The molecule has 0 saturated carbocycles. The Bertz CT molecular complexity index is 926. The Hall–Kier alpha value is -2.55. The van der Waals surface area contributed by atoms with Crippen LogP contribution in [0.4, 0.5) is 0 Å². The third kappa shape index (κ3) is 3.14. The summed E-state index contributed by atoms with van der Waals surface area (Å²) in [6, 6.07) is 17.0. The molecule has 1 aliphatic rings. The maximum absolute atomic E-state index is 13.1. The maximum Gasteiger partial charge on any atom is 0.254 e. The lowest BCUT2D eigenvalue weighted by Crippen LogP contribution is -2.35. The van der Waals surface area contributed by atoms with Crippen LogP contribution >= 0.6 is 0 Å². The summed E-state index contributed by atoms with van der Waals surface area (Å²) in [5.74, 6) is 0.181. The van der Waals surface area contributed by atoms with E-state index in [9.17, 15) is 4.79 Å². The molecule has 2 aromatic carbocycles. The second kappa shape index (κ2) is 6.99. The zero-order chi connectivity index (χ0) is 18.1. The van der Waals surface area contributed by atoms with Crippen molar-refractivity contribution in [1.29, 1.82) is 0 Å². The van der Waals surface area contributed by atoms with Crippen LogP contribution in [-0.4, -0.2) is 28.4 Å². The predicted octanol–water partition coefficient (Wildman–Crippen LogP) is 5.02. The van der Waals surface area contributed by atoms with E-state index in [2.05, 4.69) is 60.1 Å². The third-order valence-corrected chi connectivity index (χ3v) is 5.80. The number of aromatic nitrogens is 1. The largest absolute Gasteiger partial charge is 0.358 e. The number of rotatable bonds is 4. The number of H-pyrrole nitrogens is 1. The van der Waals surface area contributed by atoms with Gasteiger partial charge in [0.2, 0.25) is 0 Å². The summed E-state index contributed by atoms with van der Waals surface area (Å²) in [5.41, 5.74) is 5.68. The Morgan fingerprint density at radius 3 is 2.77 bits per heavy atom. The van der Waals surface area contributed by atoms with Gasteiger partial charge in [-0.05, 0) is 68.9 Å². The fourth-order valence-electron chi connectivity index (χ4n) is 4.14. The van der Waals surface area contributed by atoms with Gasteiger partial charge in [0.15, 0.2) is 0 Å². The number of benzene rings is 2. The molecule has 26 heavy (non-hydrogen) atoms. The highest BCUT2D eigenvalue weighted by Gasteiger charge is 2.29. The zero-order valence-electron chi connectivity index (χ0n) is 15.6. The van der Waals surface area contributed by atoms with E-state index in [1.807, 2.05) is 12.1 Å². The fraction of sp³-hybridized carbons (Fsp3) is 0.348. The van der Waals surface area contributed by atoms with Crippen molar-refractivity contribution < 1.29 is 4.79 Å². The molecular weight excluding hydrogens is 320 g/mol. The molecule has 2 heterocycles. The molecule has 1 aliphatic heterocycles. The van der Waals surface area contributed by atoms with Gasteiger partial charge < -0.3 is 9.88 Å². The lowest BCUT2D eigenvalue weighted by atomic mass is 10.0. The van der Waals surface area contributed by atoms with Crippen molar-refractivity contribution in [2.24, 2.45) is 0 Å². The molecule has 0 radical (unpaired) electrons. The van der Waals surface area contributed by atoms with Gasteiger partial charge in [-0.2, -0.15) is 0 Å². The average molecular weight is 346 g/mol. The molecule has 3 heteroatoms. The Morgan fingerprint density at radius 1 is 1.15 bits per heavy atom. The van der Waals surface area contributed by atoms with Gasteiger partial charge >= 0.3 is 0 Å². The van der Waals surface area contributed by atoms with Crippen molar-refractivity contribution in [3.05, 3.63) is 70.9 Å². The number of carbonyl (C=O) groups excluding carboxylic acids is 1. The predicted molar refractivity (Wildman–Crippen MR) is 107 cm³/mol. The Labute approximate surface area is 155 Å². The topological polar surface area (TPSA) is 36.1 Å². The first kappa shape index (κ1) is 16.9. The Kier molecular flexibility index (Phi) is 4.54. The molecule has 134 valence electrons. The van der Waals surface area contributed by atoms with Crippen LogP contribution in [0.25, 0.3) is 10.9 Å². The Morgan fingerprint density at radius 2 is 1.96 bits per heavy atom. The van der Waals surface area contributed by atoms with E-state index < -0.39 is 0 Å². The van der Waals surface area contributed by atoms with Gasteiger partial charge in [-0.3, -0.25) is 4.79 Å². The van der Waals surface area contributed by atoms with Gasteiger partial charge in [0.25, 0.3) is 5.91 Å². The summed E-state index contributed by atoms with van der Waals surface area (Å²) >= 11 is 0. The fourth-order valence-corrected chi connectivity index (χ4v) is 4.14. The minimum absolute atomic E-state index is 0.181. The summed E-state index contributed by atoms with van der Waals surface area (Å²) in [6.07, 6.45) is 4.30. The molecule has 4 rings (SSSR count). The van der Waals surface area contributed by atoms with Crippen molar-refractivity contribution in [3.63, 3.8) is 0 Å². The van der Waals surface area contributed by atoms with E-state index in [-0.39, 0.29) is 5.91 Å². The third-order valence-electron chi connectivity index (χ3n) is 5.80. The number of nitrogens with one attached hydrogen (secondary N) is 1. The average Bonchev–Trinajstić information content (AvgIpc) is 3.25. The standard InChI is InChI=1S/C23H26N2O/c1-16-17(2)24-22-13-11-19(15-21(16)22)23(26)25-14-6-9-20(25)12-10-18-7-4-3-5-8-18/h3-5,7-8,11,13,15,20,24H,6,9-10,12,14H2,1-2H3. The summed E-state index contributed by atoms with van der Waals surface area (Å²) < 4.78 is 0. The zero-order valence-corrected chi connectivity index (χ0v) is 15.6. The summed E-state index contributed by atoms with van der Waals surface area (Å²) in [4.78, 5) is 18.6. The van der Waals surface area contributed by atoms with Crippen molar-refractivity contribution >= 4 is 16.8 Å². The van der Waals surface area contributed by atoms with Gasteiger partial charge in [-0.1, -0.05) is 30.3 Å². The van der Waals surface area contributed by atoms with E-state index in [0.717, 1.165) is 48.7 Å². The second-order valence-electron chi connectivity index (χ2n) is 7.45. The number of hydrogen-bond donors (Lipinski definition) is 1. The van der Waals surface area contributed by atoms with Crippen molar-refractivity contribution in [2.75, 3.05) is 6.54 Å². The molecule has 1 aromatic heterocycles. The van der Waals surface area contributed by atoms with Gasteiger partial charge in [-0.25, -0.2) is 0 Å². The van der Waals surface area contributed by atoms with Gasteiger partial charge in [0, 0.05) is 34.7 Å². The molecular formula is C23H26N2O. The first-order chi connectivity index (χ1) is 12.6. The first-order valence-corrected chi connectivity index (χ1v) is 9.57. The van der Waals surface area contributed by atoms with E-state index in [4.69, 9.17) is 0 Å². The van der Waals surface area contributed by atoms with Crippen LogP contribution in [0.3, 0.4) is 0 Å². The van der Waals surface area contributed by atoms with Crippen LogP contribution in [-0.2, 0) is 6.42 Å². The highest BCUT2D eigenvalue weighted by molar-refractivity contribution is 5.99. The molecule has 0 bridgehead atoms. The maximum atomic E-state index is 13.1. The van der Waals surface area contributed by atoms with Crippen LogP contribution in [0.5, 0.6) is 0 Å². The second-order valence-corrected chi connectivity index (χ2v) is 7.45. The summed E-state index contributed by atoms with van der Waals surface area (Å²) in [6.45, 7) is 5.07. The highest BCUT2D eigenvalue weighted by Crippen LogP contribution is 2.27. The van der Waals surface area contributed by atoms with Crippen LogP contribution in [0.15, 0.2) is 48.5 Å².